The summed E-state index contributed by atoms with van der Waals surface area (Å²) in [5.41, 5.74) is -2.73. The van der Waals surface area contributed by atoms with Crippen LogP contribution in [0.2, 0.25) is 0 Å². The van der Waals surface area contributed by atoms with Crippen molar-refractivity contribution in [3.63, 3.8) is 0 Å². The molecule has 128 valence electrons. The lowest BCUT2D eigenvalue weighted by molar-refractivity contribution is -0.137. The van der Waals surface area contributed by atoms with Gasteiger partial charge in [-0.05, 0) is 31.9 Å². The summed E-state index contributed by atoms with van der Waals surface area (Å²) in [4.78, 5) is 15.2. The van der Waals surface area contributed by atoms with Gasteiger partial charge in [0.25, 0.3) is 0 Å². The van der Waals surface area contributed by atoms with Crippen molar-refractivity contribution in [3.05, 3.63) is 47.1 Å². The Hall–Kier alpha value is -2.32. The van der Waals surface area contributed by atoms with Crippen molar-refractivity contribution < 1.29 is 31.3 Å². The smallest absolute Gasteiger partial charge is 0.338 e. The number of hydrogen-bond donors (Lipinski definition) is 0. The van der Waals surface area contributed by atoms with Gasteiger partial charge in [0.1, 0.15) is 11.2 Å². The van der Waals surface area contributed by atoms with E-state index in [4.69, 9.17) is 4.52 Å². The summed E-state index contributed by atoms with van der Waals surface area (Å²) >= 11 is 0. The first kappa shape index (κ1) is 16.5. The molecule has 0 saturated heterocycles. The van der Waals surface area contributed by atoms with Gasteiger partial charge in [0.15, 0.2) is 0 Å². The normalized spacial score (nSPS) is 16.9. The van der Waals surface area contributed by atoms with Crippen LogP contribution in [0.15, 0.2) is 28.8 Å². The van der Waals surface area contributed by atoms with E-state index in [1.165, 1.54) is 6.92 Å². The van der Waals surface area contributed by atoms with Crippen molar-refractivity contribution >= 4 is 5.78 Å². The molecule has 1 aliphatic carbocycles. The van der Waals surface area contributed by atoms with Crippen molar-refractivity contribution in [1.82, 2.24) is 10.1 Å². The van der Waals surface area contributed by atoms with Crippen LogP contribution < -0.4 is 0 Å². The number of alkyl halides is 5. The van der Waals surface area contributed by atoms with E-state index in [0.29, 0.717) is 37.1 Å². The fraction of sp³-hybridized carbons (Fsp3) is 0.400. The van der Waals surface area contributed by atoms with Crippen LogP contribution in [-0.2, 0) is 22.3 Å². The molecule has 0 amide bonds. The van der Waals surface area contributed by atoms with Gasteiger partial charge in [-0.25, -0.2) is 0 Å². The van der Waals surface area contributed by atoms with Crippen molar-refractivity contribution in [1.29, 1.82) is 0 Å². The fourth-order valence-electron chi connectivity index (χ4n) is 2.38. The van der Waals surface area contributed by atoms with Crippen LogP contribution in [0.5, 0.6) is 0 Å². The van der Waals surface area contributed by atoms with Crippen LogP contribution in [0.3, 0.4) is 0 Å². The molecule has 4 nitrogen and oxygen atoms in total. The number of carbonyl (C=O) groups excluding carboxylic acids is 1. The van der Waals surface area contributed by atoms with Gasteiger partial charge >= 0.3 is 12.1 Å². The number of hydrogen-bond acceptors (Lipinski definition) is 4. The van der Waals surface area contributed by atoms with Gasteiger partial charge in [-0.2, -0.15) is 26.9 Å². The maximum atomic E-state index is 14.4. The maximum absolute atomic E-state index is 14.4. The van der Waals surface area contributed by atoms with Gasteiger partial charge in [-0.3, -0.25) is 4.79 Å². The standard InChI is InChI=1S/C15H11F5N2O2/c1-8(23)13(6-7-13)12-21-11(22-24-12)14(16,17)9-2-4-10(5-3-9)15(18,19)20/h2-5H,6-7H2,1H3. The average Bonchev–Trinajstić information content (AvgIpc) is 3.17. The van der Waals surface area contributed by atoms with Crippen molar-refractivity contribution in [2.75, 3.05) is 0 Å². The molecule has 0 radical (unpaired) electrons. The molecule has 1 saturated carbocycles. The summed E-state index contributed by atoms with van der Waals surface area (Å²) in [7, 11) is 0. The molecule has 0 N–H and O–H groups in total. The number of benzene rings is 1. The van der Waals surface area contributed by atoms with E-state index in [9.17, 15) is 26.7 Å². The molecule has 3 rings (SSSR count). The summed E-state index contributed by atoms with van der Waals surface area (Å²) in [5.74, 6) is -5.16. The molecule has 1 fully saturated rings. The monoisotopic (exact) mass is 346 g/mol. The molecule has 9 heteroatoms. The van der Waals surface area contributed by atoms with E-state index in [1.807, 2.05) is 0 Å². The van der Waals surface area contributed by atoms with Crippen molar-refractivity contribution in [2.24, 2.45) is 0 Å². The third kappa shape index (κ3) is 2.57. The minimum atomic E-state index is -4.62. The maximum Gasteiger partial charge on any atom is 0.416 e. The first-order valence-electron chi connectivity index (χ1n) is 6.99. The molecule has 0 unspecified atom stereocenters. The zero-order valence-corrected chi connectivity index (χ0v) is 12.3. The minimum Gasteiger partial charge on any atom is -0.338 e. The zero-order chi connectivity index (χ0) is 17.8. The predicted octanol–water partition coefficient (Wildman–Crippen LogP) is 3.85. The van der Waals surface area contributed by atoms with E-state index in [-0.39, 0.29) is 11.7 Å². The molecular formula is C15H11F5N2O2. The summed E-state index contributed by atoms with van der Waals surface area (Å²) in [6.45, 7) is 1.31. The number of aromatic nitrogens is 2. The molecule has 0 bridgehead atoms. The third-order valence-corrected chi connectivity index (χ3v) is 4.11. The lowest BCUT2D eigenvalue weighted by Crippen LogP contribution is -2.20. The Bertz CT molecular complexity index is 776. The number of carbonyl (C=O) groups is 1. The molecular weight excluding hydrogens is 335 g/mol. The summed E-state index contributed by atoms with van der Waals surface area (Å²) < 4.78 is 71.1. The second-order valence-electron chi connectivity index (χ2n) is 5.71. The molecule has 0 aliphatic heterocycles. The lowest BCUT2D eigenvalue weighted by atomic mass is 10.0. The van der Waals surface area contributed by atoms with Crippen LogP contribution in [0, 0.1) is 0 Å². The number of ketones is 1. The van der Waals surface area contributed by atoms with Crippen LogP contribution in [-0.4, -0.2) is 15.9 Å². The summed E-state index contributed by atoms with van der Waals surface area (Å²) in [6, 6.07) is 2.44. The van der Waals surface area contributed by atoms with Gasteiger partial charge < -0.3 is 4.52 Å². The topological polar surface area (TPSA) is 56.0 Å². The van der Waals surface area contributed by atoms with Crippen molar-refractivity contribution in [2.45, 2.75) is 37.3 Å². The second-order valence-corrected chi connectivity index (χ2v) is 5.71. The fourth-order valence-corrected chi connectivity index (χ4v) is 2.38. The van der Waals surface area contributed by atoms with E-state index < -0.39 is 34.5 Å². The van der Waals surface area contributed by atoms with Gasteiger partial charge in [-0.15, -0.1) is 0 Å². The highest BCUT2D eigenvalue weighted by Gasteiger charge is 2.55. The Kier molecular flexibility index (Phi) is 3.50. The molecule has 1 aromatic heterocycles. The summed E-state index contributed by atoms with van der Waals surface area (Å²) in [6.07, 6.45) is -3.74. The molecule has 1 aromatic carbocycles. The lowest BCUT2D eigenvalue weighted by Gasteiger charge is -2.14. The molecule has 0 spiro atoms. The van der Waals surface area contributed by atoms with Gasteiger partial charge in [0.2, 0.25) is 11.7 Å². The SMILES string of the molecule is CC(=O)C1(c2nc(C(F)(F)c3ccc(C(F)(F)F)cc3)no2)CC1. The Morgan fingerprint density at radius 2 is 1.62 bits per heavy atom. The van der Waals surface area contributed by atoms with Gasteiger partial charge in [0.05, 0.1) is 5.56 Å². The zero-order valence-electron chi connectivity index (χ0n) is 12.3. The van der Waals surface area contributed by atoms with Crippen LogP contribution in [0.4, 0.5) is 22.0 Å². The number of halogens is 5. The van der Waals surface area contributed by atoms with Crippen LogP contribution in [0.25, 0.3) is 0 Å². The highest BCUT2D eigenvalue weighted by Crippen LogP contribution is 2.49. The molecule has 0 atom stereocenters. The van der Waals surface area contributed by atoms with E-state index >= 15 is 0 Å². The number of nitrogens with zero attached hydrogens (tertiary/aromatic N) is 2. The second kappa shape index (κ2) is 5.09. The Morgan fingerprint density at radius 3 is 2.08 bits per heavy atom. The van der Waals surface area contributed by atoms with Crippen LogP contribution in [0.1, 0.15) is 42.6 Å². The Morgan fingerprint density at radius 1 is 1.08 bits per heavy atom. The largest absolute Gasteiger partial charge is 0.416 e. The Labute approximate surface area is 132 Å². The Balaban J connectivity index is 1.91. The van der Waals surface area contributed by atoms with E-state index in [0.717, 1.165) is 0 Å². The quantitative estimate of drug-likeness (QED) is 0.789. The van der Waals surface area contributed by atoms with Crippen molar-refractivity contribution in [3.8, 4) is 0 Å². The van der Waals surface area contributed by atoms with E-state index in [1.54, 1.807) is 0 Å². The molecule has 1 aliphatic rings. The number of Topliss-reactive ketones (excluding diaryl/α,β-unsaturated/α-hetero) is 1. The third-order valence-electron chi connectivity index (χ3n) is 4.11. The van der Waals surface area contributed by atoms with Gasteiger partial charge in [0, 0.05) is 5.56 Å². The predicted molar refractivity (Wildman–Crippen MR) is 70.3 cm³/mol. The van der Waals surface area contributed by atoms with E-state index in [2.05, 4.69) is 10.1 Å². The first-order chi connectivity index (χ1) is 11.1. The average molecular weight is 346 g/mol. The highest BCUT2D eigenvalue weighted by atomic mass is 19.4. The highest BCUT2D eigenvalue weighted by molar-refractivity contribution is 5.89. The summed E-state index contributed by atoms with van der Waals surface area (Å²) in [5, 5.41) is 3.21. The number of rotatable bonds is 4. The van der Waals surface area contributed by atoms with Gasteiger partial charge in [-0.1, -0.05) is 17.3 Å². The molecule has 2 aromatic rings. The molecule has 1 heterocycles. The molecule has 24 heavy (non-hydrogen) atoms. The first-order valence-corrected chi connectivity index (χ1v) is 6.99. The minimum absolute atomic E-state index is 0.184. The van der Waals surface area contributed by atoms with Crippen LogP contribution >= 0.6 is 0 Å².